The summed E-state index contributed by atoms with van der Waals surface area (Å²) in [6.45, 7) is 10.1. The molecule has 1 amide bonds. The average Bonchev–Trinajstić information content (AvgIpc) is 2.80. The van der Waals surface area contributed by atoms with Crippen molar-refractivity contribution in [2.24, 2.45) is 5.92 Å². The van der Waals surface area contributed by atoms with Crippen LogP contribution in [0, 0.1) is 5.92 Å². The highest BCUT2D eigenvalue weighted by atomic mass is 16.5. The second-order valence-corrected chi connectivity index (χ2v) is 9.96. The average molecular weight is 446 g/mol. The molecule has 32 heavy (non-hydrogen) atoms. The number of benzene rings is 1. The molecule has 1 N–H and O–H groups in total. The molecular formula is C26H43N3O3. The number of methoxy groups -OCH3 is 2. The van der Waals surface area contributed by atoms with E-state index in [1.165, 1.54) is 19.3 Å². The zero-order valence-electron chi connectivity index (χ0n) is 20.6. The van der Waals surface area contributed by atoms with Gasteiger partial charge in [-0.15, -0.1) is 0 Å². The Labute approximate surface area is 194 Å². The van der Waals surface area contributed by atoms with E-state index in [1.54, 1.807) is 14.2 Å². The molecule has 2 aliphatic rings. The van der Waals surface area contributed by atoms with Crippen LogP contribution in [0.1, 0.15) is 64.4 Å². The van der Waals surface area contributed by atoms with Crippen LogP contribution in [0.3, 0.4) is 0 Å². The minimum atomic E-state index is 0.0426. The van der Waals surface area contributed by atoms with E-state index in [2.05, 4.69) is 35.0 Å². The van der Waals surface area contributed by atoms with Gasteiger partial charge in [0, 0.05) is 49.8 Å². The Balaban J connectivity index is 1.75. The number of hydrogen-bond acceptors (Lipinski definition) is 5. The lowest BCUT2D eigenvalue weighted by Crippen LogP contribution is -2.54. The molecular weight excluding hydrogens is 402 g/mol. The molecule has 0 radical (unpaired) electrons. The molecule has 1 aromatic carbocycles. The van der Waals surface area contributed by atoms with Gasteiger partial charge in [-0.05, 0) is 44.3 Å². The van der Waals surface area contributed by atoms with E-state index in [1.807, 2.05) is 12.1 Å². The summed E-state index contributed by atoms with van der Waals surface area (Å²) in [5, 5.41) is 3.23. The van der Waals surface area contributed by atoms with Crippen molar-refractivity contribution in [1.82, 2.24) is 15.1 Å². The second-order valence-electron chi connectivity index (χ2n) is 9.96. The Morgan fingerprint density at radius 1 is 1.03 bits per heavy atom. The largest absolute Gasteiger partial charge is 0.497 e. The van der Waals surface area contributed by atoms with Crippen LogP contribution in [0.2, 0.25) is 0 Å². The first-order chi connectivity index (χ1) is 15.5. The SMILES string of the molecule is COc1ccc(CN2CCCN(CC(C)C)C3(CCCCC3)CC(=O)NCC2)c(OC)c1. The summed E-state index contributed by atoms with van der Waals surface area (Å²) in [5.41, 5.74) is 1.19. The lowest BCUT2D eigenvalue weighted by molar-refractivity contribution is -0.125. The van der Waals surface area contributed by atoms with Gasteiger partial charge in [-0.1, -0.05) is 39.2 Å². The summed E-state index contributed by atoms with van der Waals surface area (Å²) in [7, 11) is 3.38. The molecule has 6 nitrogen and oxygen atoms in total. The molecule has 1 aliphatic heterocycles. The maximum atomic E-state index is 13.0. The maximum absolute atomic E-state index is 13.0. The number of amides is 1. The highest BCUT2D eigenvalue weighted by Crippen LogP contribution is 2.37. The fourth-order valence-electron chi connectivity index (χ4n) is 5.47. The smallest absolute Gasteiger partial charge is 0.221 e. The van der Waals surface area contributed by atoms with Gasteiger partial charge in [0.1, 0.15) is 11.5 Å². The van der Waals surface area contributed by atoms with Gasteiger partial charge in [0.2, 0.25) is 5.91 Å². The third-order valence-corrected chi connectivity index (χ3v) is 7.07. The summed E-state index contributed by atoms with van der Waals surface area (Å²) in [5.74, 6) is 2.47. The van der Waals surface area contributed by atoms with Crippen molar-refractivity contribution in [1.29, 1.82) is 0 Å². The molecule has 0 aromatic heterocycles. The minimum Gasteiger partial charge on any atom is -0.497 e. The first-order valence-corrected chi connectivity index (χ1v) is 12.4. The van der Waals surface area contributed by atoms with E-state index in [0.29, 0.717) is 18.9 Å². The topological polar surface area (TPSA) is 54.0 Å². The van der Waals surface area contributed by atoms with Crippen LogP contribution in [-0.2, 0) is 11.3 Å². The summed E-state index contributed by atoms with van der Waals surface area (Å²) in [6, 6.07) is 6.02. The van der Waals surface area contributed by atoms with Gasteiger partial charge < -0.3 is 14.8 Å². The maximum Gasteiger partial charge on any atom is 0.221 e. The van der Waals surface area contributed by atoms with Gasteiger partial charge in [0.15, 0.2) is 0 Å². The number of hydrogen-bond donors (Lipinski definition) is 1. The summed E-state index contributed by atoms with van der Waals surface area (Å²) < 4.78 is 11.0. The molecule has 2 fully saturated rings. The Morgan fingerprint density at radius 3 is 2.50 bits per heavy atom. The molecule has 1 heterocycles. The number of carbonyl (C=O) groups excluding carboxylic acids is 1. The van der Waals surface area contributed by atoms with Crippen LogP contribution < -0.4 is 14.8 Å². The molecule has 180 valence electrons. The number of ether oxygens (including phenoxy) is 2. The molecule has 1 spiro atoms. The van der Waals surface area contributed by atoms with Crippen LogP contribution in [0.15, 0.2) is 18.2 Å². The summed E-state index contributed by atoms with van der Waals surface area (Å²) in [4.78, 5) is 18.1. The Kier molecular flexibility index (Phi) is 9.23. The first-order valence-electron chi connectivity index (χ1n) is 12.4. The van der Waals surface area contributed by atoms with Gasteiger partial charge in [-0.3, -0.25) is 14.6 Å². The normalized spacial score (nSPS) is 21.2. The molecule has 0 unspecified atom stereocenters. The van der Waals surface area contributed by atoms with Gasteiger partial charge >= 0.3 is 0 Å². The third kappa shape index (κ3) is 6.61. The van der Waals surface area contributed by atoms with Crippen molar-refractivity contribution in [2.45, 2.75) is 70.9 Å². The molecule has 1 aliphatic carbocycles. The monoisotopic (exact) mass is 445 g/mol. The molecule has 6 heteroatoms. The zero-order chi connectivity index (χ0) is 23.0. The van der Waals surface area contributed by atoms with Crippen molar-refractivity contribution in [3.05, 3.63) is 23.8 Å². The van der Waals surface area contributed by atoms with E-state index in [-0.39, 0.29) is 11.4 Å². The lowest BCUT2D eigenvalue weighted by atomic mass is 9.77. The number of nitrogens with zero attached hydrogens (tertiary/aromatic N) is 2. The van der Waals surface area contributed by atoms with Crippen LogP contribution >= 0.6 is 0 Å². The molecule has 1 aromatic rings. The molecule has 3 rings (SSSR count). The van der Waals surface area contributed by atoms with Gasteiger partial charge in [0.05, 0.1) is 14.2 Å². The first kappa shape index (κ1) is 24.8. The van der Waals surface area contributed by atoms with Crippen LogP contribution in [0.4, 0.5) is 0 Å². The van der Waals surface area contributed by atoms with E-state index >= 15 is 0 Å². The third-order valence-electron chi connectivity index (χ3n) is 7.07. The molecule has 1 saturated heterocycles. The quantitative estimate of drug-likeness (QED) is 0.715. The highest BCUT2D eigenvalue weighted by Gasteiger charge is 2.39. The predicted molar refractivity (Wildman–Crippen MR) is 129 cm³/mol. The van der Waals surface area contributed by atoms with Crippen molar-refractivity contribution in [3.63, 3.8) is 0 Å². The van der Waals surface area contributed by atoms with Gasteiger partial charge in [-0.2, -0.15) is 0 Å². The van der Waals surface area contributed by atoms with Crippen molar-refractivity contribution < 1.29 is 14.3 Å². The number of carbonyl (C=O) groups is 1. The van der Waals surface area contributed by atoms with Gasteiger partial charge in [-0.25, -0.2) is 0 Å². The highest BCUT2D eigenvalue weighted by molar-refractivity contribution is 5.77. The molecule has 1 saturated carbocycles. The Hall–Kier alpha value is -1.79. The molecule has 0 atom stereocenters. The van der Waals surface area contributed by atoms with Crippen LogP contribution in [-0.4, -0.2) is 68.2 Å². The molecule has 0 bridgehead atoms. The van der Waals surface area contributed by atoms with Crippen LogP contribution in [0.25, 0.3) is 0 Å². The fourth-order valence-corrected chi connectivity index (χ4v) is 5.47. The van der Waals surface area contributed by atoms with E-state index in [4.69, 9.17) is 9.47 Å². The predicted octanol–water partition coefficient (Wildman–Crippen LogP) is 4.08. The van der Waals surface area contributed by atoms with E-state index in [9.17, 15) is 4.79 Å². The Bertz CT molecular complexity index is 731. The van der Waals surface area contributed by atoms with Crippen molar-refractivity contribution in [3.8, 4) is 11.5 Å². The van der Waals surface area contributed by atoms with Crippen molar-refractivity contribution >= 4 is 5.91 Å². The van der Waals surface area contributed by atoms with E-state index in [0.717, 1.165) is 69.0 Å². The van der Waals surface area contributed by atoms with E-state index < -0.39 is 0 Å². The minimum absolute atomic E-state index is 0.0426. The lowest BCUT2D eigenvalue weighted by Gasteiger charge is -2.47. The zero-order valence-corrected chi connectivity index (χ0v) is 20.6. The van der Waals surface area contributed by atoms with Crippen molar-refractivity contribution in [2.75, 3.05) is 46.9 Å². The Morgan fingerprint density at radius 2 is 1.81 bits per heavy atom. The fraction of sp³-hybridized carbons (Fsp3) is 0.731. The van der Waals surface area contributed by atoms with Gasteiger partial charge in [0.25, 0.3) is 0 Å². The van der Waals surface area contributed by atoms with Crippen LogP contribution in [0.5, 0.6) is 11.5 Å². The summed E-state index contributed by atoms with van der Waals surface area (Å²) in [6.07, 6.45) is 7.85. The standard InChI is InChI=1S/C26H43N3O3/c1-21(2)19-29-15-8-14-28(20-22-9-10-23(31-3)17-24(22)32-4)16-13-27-25(30)18-26(29)11-6-5-7-12-26/h9-10,17,21H,5-8,11-16,18-20H2,1-4H3,(H,27,30). The second kappa shape index (κ2) is 11.9. The number of rotatable bonds is 6. The number of nitrogens with one attached hydrogen (secondary N) is 1. The summed E-state index contributed by atoms with van der Waals surface area (Å²) >= 11 is 0.